The Morgan fingerprint density at radius 2 is 1.71 bits per heavy atom. The van der Waals surface area contributed by atoms with E-state index in [4.69, 9.17) is 4.74 Å². The second-order valence-electron chi connectivity index (χ2n) is 16.0. The van der Waals surface area contributed by atoms with E-state index in [1.54, 1.807) is 34.2 Å². The fourth-order valence-corrected chi connectivity index (χ4v) is 8.17. The monoisotopic (exact) mass is 858 g/mol. The molecule has 3 aliphatic rings. The Hall–Kier alpha value is -6.66. The number of H-pyrrole nitrogens is 2. The Morgan fingerprint density at radius 3 is 2.37 bits per heavy atom. The van der Waals surface area contributed by atoms with Crippen molar-refractivity contribution < 1.29 is 41.8 Å². The summed E-state index contributed by atoms with van der Waals surface area (Å²) in [6.07, 6.45) is 6.21. The van der Waals surface area contributed by atoms with E-state index >= 15 is 0 Å². The highest BCUT2D eigenvalue weighted by molar-refractivity contribution is 6.04. The molecule has 0 unspecified atom stereocenters. The fraction of sp³-hybridized carbons (Fsp3) is 0.419. The summed E-state index contributed by atoms with van der Waals surface area (Å²) in [6.45, 7) is 9.08. The molecule has 0 radical (unpaired) electrons. The van der Waals surface area contributed by atoms with Crippen LogP contribution in [0.3, 0.4) is 0 Å². The summed E-state index contributed by atoms with van der Waals surface area (Å²) in [5, 5.41) is 5.31. The molecule has 1 aromatic carbocycles. The van der Waals surface area contributed by atoms with E-state index in [0.29, 0.717) is 61.8 Å². The molecule has 62 heavy (non-hydrogen) atoms. The molecule has 3 aromatic heterocycles. The van der Waals surface area contributed by atoms with Gasteiger partial charge < -0.3 is 44.8 Å². The summed E-state index contributed by atoms with van der Waals surface area (Å²) in [5.41, 5.74) is 3.13. The quantitative estimate of drug-likeness (QED) is 0.126. The van der Waals surface area contributed by atoms with Crippen LogP contribution >= 0.6 is 0 Å². The number of imidazole rings is 2. The van der Waals surface area contributed by atoms with E-state index in [0.717, 1.165) is 23.8 Å². The van der Waals surface area contributed by atoms with E-state index in [2.05, 4.69) is 45.2 Å². The van der Waals surface area contributed by atoms with E-state index in [-0.39, 0.29) is 52.7 Å². The lowest BCUT2D eigenvalue weighted by atomic mass is 9.91. The first-order chi connectivity index (χ1) is 29.6. The number of rotatable bonds is 11. The number of amides is 4. The maximum Gasteiger partial charge on any atom is 0.573 e. The molecule has 328 valence electrons. The molecule has 0 saturated carbocycles. The van der Waals surface area contributed by atoms with E-state index in [1.165, 1.54) is 38.0 Å². The van der Waals surface area contributed by atoms with Crippen molar-refractivity contribution in [3.8, 4) is 5.75 Å². The molecule has 0 bridgehead atoms. The fourth-order valence-electron chi connectivity index (χ4n) is 8.17. The van der Waals surface area contributed by atoms with Crippen LogP contribution in [0.15, 0.2) is 67.4 Å². The molecular weight excluding hydrogens is 810 g/mol. The van der Waals surface area contributed by atoms with Gasteiger partial charge in [0.2, 0.25) is 5.91 Å². The standard InChI is InChI=1S/C43H49F3N10O6/c1-24(2)37(53-42(60)61-5)41(59)54-16-6-7-34(54)38-49-20-32(52-38)28-10-8-27(9-11-28)31-14-13-30(17-35(31)62-43(44,45)46)51-39(57)29-12-15-36(48-18-29)55-21-26(4)56(22-25(55)3)40(58)33-19-47-23-50-33/h8,10,12-15,17-20,23-26,34,37H,6-7,9,11,16,21-22H2,1-5H3,(H,47,50)(H,49,52)(H,51,57)(H,53,60)/t25-,26+,34+,37+/m1/s1. The number of pyridine rings is 1. The largest absolute Gasteiger partial charge is 0.573 e. The van der Waals surface area contributed by atoms with Gasteiger partial charge in [-0.2, -0.15) is 0 Å². The average Bonchev–Trinajstić information content (AvgIpc) is 4.06. The zero-order valence-electron chi connectivity index (χ0n) is 35.0. The van der Waals surface area contributed by atoms with Crippen molar-refractivity contribution in [2.45, 2.75) is 83.9 Å². The number of benzene rings is 1. The van der Waals surface area contributed by atoms with Crippen molar-refractivity contribution in [1.82, 2.24) is 40.0 Å². The number of hydrogen-bond donors (Lipinski definition) is 4. The lowest BCUT2D eigenvalue weighted by Gasteiger charge is -2.44. The minimum atomic E-state index is -4.99. The first kappa shape index (κ1) is 43.4. The zero-order valence-corrected chi connectivity index (χ0v) is 35.0. The molecule has 5 heterocycles. The van der Waals surface area contributed by atoms with Gasteiger partial charge in [0.05, 0.1) is 43.1 Å². The summed E-state index contributed by atoms with van der Waals surface area (Å²) in [4.78, 5) is 76.6. The molecule has 1 aliphatic carbocycles. The maximum atomic E-state index is 13.7. The van der Waals surface area contributed by atoms with Crippen molar-refractivity contribution >= 4 is 46.5 Å². The summed E-state index contributed by atoms with van der Waals surface area (Å²) in [5.74, 6) is -0.358. The SMILES string of the molecule is COC(=O)N[C@H](C(=O)N1CCC[C@H]1c1ncc(C2=CC=C(c3ccc(NC(=O)c4ccc(N5C[C@H](C)N(C(=O)c6cnc[nH]6)C[C@H]5C)nc4)cc3OC(F)(F)F)CC2)[nH]1)C(C)C. The highest BCUT2D eigenvalue weighted by atomic mass is 19.4. The van der Waals surface area contributed by atoms with Crippen LogP contribution in [0.5, 0.6) is 5.75 Å². The molecular formula is C43H49F3N10O6. The Bertz CT molecular complexity index is 2340. The molecule has 2 saturated heterocycles. The molecule has 7 rings (SSSR count). The molecule has 2 fully saturated rings. The van der Waals surface area contributed by atoms with Crippen molar-refractivity contribution in [2.75, 3.05) is 37.0 Å². The number of methoxy groups -OCH3 is 1. The van der Waals surface area contributed by atoms with Gasteiger partial charge >= 0.3 is 12.5 Å². The van der Waals surface area contributed by atoms with Crippen LogP contribution < -0.4 is 20.3 Å². The highest BCUT2D eigenvalue weighted by Gasteiger charge is 2.38. The van der Waals surface area contributed by atoms with Gasteiger partial charge in [-0.1, -0.05) is 26.0 Å². The number of anilines is 2. The number of aromatic amines is 2. The Morgan fingerprint density at radius 1 is 0.935 bits per heavy atom. The van der Waals surface area contributed by atoms with E-state index in [9.17, 15) is 32.3 Å². The third kappa shape index (κ3) is 9.61. The van der Waals surface area contributed by atoms with Crippen LogP contribution in [0, 0.1) is 5.92 Å². The predicted octanol–water partition coefficient (Wildman–Crippen LogP) is 6.72. The number of alkyl carbamates (subject to hydrolysis) is 1. The molecule has 19 heteroatoms. The second kappa shape index (κ2) is 18.1. The number of likely N-dealkylation sites (tertiary alicyclic amines) is 1. The number of aromatic nitrogens is 5. The number of hydrogen-bond acceptors (Lipinski definition) is 10. The van der Waals surface area contributed by atoms with Gasteiger partial charge in [-0.15, -0.1) is 13.2 Å². The average molecular weight is 859 g/mol. The van der Waals surface area contributed by atoms with Gasteiger partial charge in [-0.05, 0) is 80.9 Å². The lowest BCUT2D eigenvalue weighted by molar-refractivity contribution is -0.274. The Labute approximate surface area is 356 Å². The summed E-state index contributed by atoms with van der Waals surface area (Å²) in [6, 6.07) is 6.15. The van der Waals surface area contributed by atoms with Gasteiger partial charge in [0.25, 0.3) is 11.8 Å². The number of carbonyl (C=O) groups excluding carboxylic acids is 4. The molecule has 16 nitrogen and oxygen atoms in total. The van der Waals surface area contributed by atoms with Crippen LogP contribution in [-0.4, -0.2) is 110 Å². The van der Waals surface area contributed by atoms with Crippen molar-refractivity contribution in [1.29, 1.82) is 0 Å². The molecule has 0 spiro atoms. The van der Waals surface area contributed by atoms with Crippen LogP contribution in [0.25, 0.3) is 11.1 Å². The molecule has 4 aromatic rings. The van der Waals surface area contributed by atoms with Gasteiger partial charge in [0.1, 0.15) is 29.1 Å². The Balaban J connectivity index is 1.02. The molecule has 4 amide bonds. The molecule has 4 atom stereocenters. The number of ether oxygens (including phenoxy) is 2. The van der Waals surface area contributed by atoms with Crippen LogP contribution in [0.4, 0.5) is 29.5 Å². The normalized spacial score (nSPS) is 19.8. The van der Waals surface area contributed by atoms with Crippen LogP contribution in [0.2, 0.25) is 0 Å². The highest BCUT2D eigenvalue weighted by Crippen LogP contribution is 2.40. The van der Waals surface area contributed by atoms with Gasteiger partial charge in [0, 0.05) is 55.2 Å². The topological polar surface area (TPSA) is 191 Å². The first-order valence-corrected chi connectivity index (χ1v) is 20.4. The van der Waals surface area contributed by atoms with Crippen molar-refractivity contribution in [2.24, 2.45) is 5.92 Å². The third-order valence-electron chi connectivity index (χ3n) is 11.4. The third-order valence-corrected chi connectivity index (χ3v) is 11.4. The van der Waals surface area contributed by atoms with Gasteiger partial charge in [0.15, 0.2) is 0 Å². The number of nitrogens with one attached hydrogen (secondary N) is 4. The number of piperazine rings is 1. The van der Waals surface area contributed by atoms with Crippen molar-refractivity contribution in [3.63, 3.8) is 0 Å². The number of nitrogens with zero attached hydrogens (tertiary/aromatic N) is 6. The molecule has 4 N–H and O–H groups in total. The number of allylic oxidation sites excluding steroid dienone is 4. The summed E-state index contributed by atoms with van der Waals surface area (Å²) < 4.78 is 50.4. The minimum Gasteiger partial charge on any atom is -0.453 e. The summed E-state index contributed by atoms with van der Waals surface area (Å²) >= 11 is 0. The van der Waals surface area contributed by atoms with Gasteiger partial charge in [-0.25, -0.2) is 19.7 Å². The minimum absolute atomic E-state index is 0.0787. The second-order valence-corrected chi connectivity index (χ2v) is 16.0. The van der Waals surface area contributed by atoms with E-state index in [1.807, 2.05) is 33.8 Å². The first-order valence-electron chi connectivity index (χ1n) is 20.4. The summed E-state index contributed by atoms with van der Waals surface area (Å²) in [7, 11) is 1.24. The number of carbonyl (C=O) groups is 4. The van der Waals surface area contributed by atoms with Gasteiger partial charge in [-0.3, -0.25) is 14.4 Å². The molecule has 2 aliphatic heterocycles. The predicted molar refractivity (Wildman–Crippen MR) is 223 cm³/mol. The van der Waals surface area contributed by atoms with Crippen molar-refractivity contribution in [3.05, 3.63) is 95.7 Å². The van der Waals surface area contributed by atoms with Crippen LogP contribution in [-0.2, 0) is 9.53 Å². The maximum absolute atomic E-state index is 13.7. The smallest absolute Gasteiger partial charge is 0.453 e. The lowest BCUT2D eigenvalue weighted by Crippen LogP contribution is -2.58. The number of halogens is 3. The Kier molecular flexibility index (Phi) is 12.7. The number of alkyl halides is 3. The van der Waals surface area contributed by atoms with E-state index < -0.39 is 30.2 Å². The zero-order chi connectivity index (χ0) is 44.3. The van der Waals surface area contributed by atoms with Crippen LogP contribution in [0.1, 0.15) is 97.3 Å².